The second-order valence-corrected chi connectivity index (χ2v) is 7.31. The average Bonchev–Trinajstić information content (AvgIpc) is 2.35. The highest BCUT2D eigenvalue weighted by Crippen LogP contribution is 2.22. The van der Waals surface area contributed by atoms with E-state index in [-0.39, 0.29) is 17.9 Å². The average molecular weight is 295 g/mol. The van der Waals surface area contributed by atoms with Gasteiger partial charge in [-0.1, -0.05) is 32.9 Å². The SMILES string of the molecule is CSCC(C)(O)CNC(=O)c1ccc(C(C)(C)C)cc1. The Kier molecular flexibility index (Phi) is 5.66. The van der Waals surface area contributed by atoms with Crippen LogP contribution in [0.4, 0.5) is 0 Å². The first-order valence-electron chi connectivity index (χ1n) is 6.76. The van der Waals surface area contributed by atoms with Crippen molar-refractivity contribution in [2.75, 3.05) is 18.6 Å². The molecule has 0 heterocycles. The monoisotopic (exact) mass is 295 g/mol. The molecule has 0 aliphatic carbocycles. The number of hydrogen-bond donors (Lipinski definition) is 2. The van der Waals surface area contributed by atoms with Crippen molar-refractivity contribution >= 4 is 17.7 Å². The van der Waals surface area contributed by atoms with Crippen LogP contribution in [0.5, 0.6) is 0 Å². The molecule has 1 atom stereocenters. The van der Waals surface area contributed by atoms with E-state index >= 15 is 0 Å². The zero-order chi connectivity index (χ0) is 15.4. The summed E-state index contributed by atoms with van der Waals surface area (Å²) in [6, 6.07) is 7.63. The van der Waals surface area contributed by atoms with Crippen molar-refractivity contribution in [2.24, 2.45) is 0 Å². The lowest BCUT2D eigenvalue weighted by molar-refractivity contribution is 0.0725. The molecule has 0 radical (unpaired) electrons. The Morgan fingerprint density at radius 3 is 2.20 bits per heavy atom. The first kappa shape index (κ1) is 17.1. The largest absolute Gasteiger partial charge is 0.387 e. The lowest BCUT2D eigenvalue weighted by atomic mass is 9.87. The zero-order valence-corrected chi connectivity index (χ0v) is 13.8. The number of carbonyl (C=O) groups excluding carboxylic acids is 1. The van der Waals surface area contributed by atoms with E-state index in [0.29, 0.717) is 11.3 Å². The normalized spacial score (nSPS) is 14.7. The van der Waals surface area contributed by atoms with Crippen LogP contribution in [0.2, 0.25) is 0 Å². The molecule has 0 saturated carbocycles. The van der Waals surface area contributed by atoms with Gasteiger partial charge in [0.25, 0.3) is 5.91 Å². The van der Waals surface area contributed by atoms with Crippen LogP contribution in [-0.2, 0) is 5.41 Å². The third-order valence-electron chi connectivity index (χ3n) is 3.10. The predicted molar refractivity (Wildman–Crippen MR) is 86.5 cm³/mol. The van der Waals surface area contributed by atoms with Crippen LogP contribution >= 0.6 is 11.8 Å². The van der Waals surface area contributed by atoms with Crippen molar-refractivity contribution in [1.29, 1.82) is 0 Å². The number of aliphatic hydroxyl groups is 1. The van der Waals surface area contributed by atoms with Crippen molar-refractivity contribution in [3.8, 4) is 0 Å². The Bertz CT molecular complexity index is 447. The van der Waals surface area contributed by atoms with Crippen LogP contribution in [0.3, 0.4) is 0 Å². The highest BCUT2D eigenvalue weighted by molar-refractivity contribution is 7.98. The molecule has 0 spiro atoms. The van der Waals surface area contributed by atoms with Crippen molar-refractivity contribution in [3.63, 3.8) is 0 Å². The molecule has 0 aliphatic rings. The summed E-state index contributed by atoms with van der Waals surface area (Å²) in [4.78, 5) is 12.0. The number of benzene rings is 1. The summed E-state index contributed by atoms with van der Waals surface area (Å²) in [5, 5.41) is 12.8. The van der Waals surface area contributed by atoms with Crippen LogP contribution in [0, 0.1) is 0 Å². The maximum Gasteiger partial charge on any atom is 0.251 e. The number of nitrogens with one attached hydrogen (secondary N) is 1. The minimum absolute atomic E-state index is 0.0804. The molecule has 0 fully saturated rings. The lowest BCUT2D eigenvalue weighted by Crippen LogP contribution is -2.42. The molecule has 1 aromatic carbocycles. The van der Waals surface area contributed by atoms with E-state index in [1.165, 1.54) is 5.56 Å². The molecule has 0 bridgehead atoms. The Balaban J connectivity index is 2.65. The van der Waals surface area contributed by atoms with Gasteiger partial charge in [0.05, 0.1) is 5.60 Å². The second-order valence-electron chi connectivity index (χ2n) is 6.44. The fourth-order valence-electron chi connectivity index (χ4n) is 1.86. The predicted octanol–water partition coefficient (Wildman–Crippen LogP) is 2.83. The Hall–Kier alpha value is -1.00. The molecule has 20 heavy (non-hydrogen) atoms. The number of carbonyl (C=O) groups is 1. The highest BCUT2D eigenvalue weighted by Gasteiger charge is 2.21. The summed E-state index contributed by atoms with van der Waals surface area (Å²) in [6.07, 6.45) is 1.93. The molecular weight excluding hydrogens is 270 g/mol. The summed E-state index contributed by atoms with van der Waals surface area (Å²) in [7, 11) is 0. The smallest absolute Gasteiger partial charge is 0.251 e. The molecule has 4 heteroatoms. The van der Waals surface area contributed by atoms with Crippen molar-refractivity contribution in [2.45, 2.75) is 38.7 Å². The van der Waals surface area contributed by atoms with Gasteiger partial charge in [0, 0.05) is 17.9 Å². The van der Waals surface area contributed by atoms with Gasteiger partial charge in [-0.05, 0) is 36.3 Å². The van der Waals surface area contributed by atoms with E-state index in [0.717, 1.165) is 0 Å². The molecule has 0 aromatic heterocycles. The molecule has 1 amide bonds. The molecule has 1 rings (SSSR count). The van der Waals surface area contributed by atoms with Crippen molar-refractivity contribution < 1.29 is 9.90 Å². The minimum Gasteiger partial charge on any atom is -0.387 e. The molecule has 1 unspecified atom stereocenters. The van der Waals surface area contributed by atoms with Gasteiger partial charge >= 0.3 is 0 Å². The number of amides is 1. The third-order valence-corrected chi connectivity index (χ3v) is 4.01. The van der Waals surface area contributed by atoms with E-state index in [4.69, 9.17) is 0 Å². The first-order chi connectivity index (χ1) is 9.15. The summed E-state index contributed by atoms with van der Waals surface area (Å²) < 4.78 is 0. The van der Waals surface area contributed by atoms with Gasteiger partial charge in [-0.25, -0.2) is 0 Å². The van der Waals surface area contributed by atoms with Gasteiger partial charge in [-0.2, -0.15) is 11.8 Å². The fourth-order valence-corrected chi connectivity index (χ4v) is 2.58. The summed E-state index contributed by atoms with van der Waals surface area (Å²) >= 11 is 1.56. The third kappa shape index (κ3) is 5.17. The van der Waals surface area contributed by atoms with Crippen molar-refractivity contribution in [1.82, 2.24) is 5.32 Å². The van der Waals surface area contributed by atoms with Crippen LogP contribution in [-0.4, -0.2) is 35.2 Å². The number of rotatable bonds is 5. The van der Waals surface area contributed by atoms with Gasteiger partial charge in [-0.15, -0.1) is 0 Å². The van der Waals surface area contributed by atoms with Gasteiger partial charge in [0.15, 0.2) is 0 Å². The Morgan fingerprint density at radius 2 is 1.75 bits per heavy atom. The van der Waals surface area contributed by atoms with E-state index in [9.17, 15) is 9.90 Å². The molecule has 112 valence electrons. The number of hydrogen-bond acceptors (Lipinski definition) is 3. The Labute approximate surface area is 126 Å². The molecule has 1 aromatic rings. The van der Waals surface area contributed by atoms with Crippen LogP contribution in [0.25, 0.3) is 0 Å². The maximum absolute atomic E-state index is 12.0. The summed E-state index contributed by atoms with van der Waals surface area (Å²) in [6.45, 7) is 8.41. The standard InChI is InChI=1S/C16H25NO2S/c1-15(2,3)13-8-6-12(7-9-13)14(18)17-10-16(4,19)11-20-5/h6-9,19H,10-11H2,1-5H3,(H,17,18). The summed E-state index contributed by atoms with van der Waals surface area (Å²) in [5.41, 5.74) is 1.03. The second kappa shape index (κ2) is 6.64. The van der Waals surface area contributed by atoms with Gasteiger partial charge in [-0.3, -0.25) is 4.79 Å². The molecule has 3 nitrogen and oxygen atoms in total. The molecule has 2 N–H and O–H groups in total. The maximum atomic E-state index is 12.0. The zero-order valence-electron chi connectivity index (χ0n) is 13.0. The highest BCUT2D eigenvalue weighted by atomic mass is 32.2. The Morgan fingerprint density at radius 1 is 1.20 bits per heavy atom. The quantitative estimate of drug-likeness (QED) is 0.878. The minimum atomic E-state index is -0.875. The summed E-state index contributed by atoms with van der Waals surface area (Å²) in [5.74, 6) is 0.447. The number of thioether (sulfide) groups is 1. The van der Waals surface area contributed by atoms with Crippen LogP contribution < -0.4 is 5.32 Å². The molecular formula is C16H25NO2S. The van der Waals surface area contributed by atoms with E-state index in [1.807, 2.05) is 30.5 Å². The van der Waals surface area contributed by atoms with Crippen LogP contribution in [0.15, 0.2) is 24.3 Å². The molecule has 0 saturated heterocycles. The van der Waals surface area contributed by atoms with E-state index < -0.39 is 5.60 Å². The topological polar surface area (TPSA) is 49.3 Å². The fraction of sp³-hybridized carbons (Fsp3) is 0.562. The van der Waals surface area contributed by atoms with Gasteiger partial charge < -0.3 is 10.4 Å². The van der Waals surface area contributed by atoms with Gasteiger partial charge in [0.2, 0.25) is 0 Å². The van der Waals surface area contributed by atoms with Gasteiger partial charge in [0.1, 0.15) is 0 Å². The lowest BCUT2D eigenvalue weighted by Gasteiger charge is -2.22. The van der Waals surface area contributed by atoms with E-state index in [1.54, 1.807) is 18.7 Å². The molecule has 0 aliphatic heterocycles. The van der Waals surface area contributed by atoms with Crippen LogP contribution in [0.1, 0.15) is 43.6 Å². The van der Waals surface area contributed by atoms with Crippen molar-refractivity contribution in [3.05, 3.63) is 35.4 Å². The van der Waals surface area contributed by atoms with E-state index in [2.05, 4.69) is 26.1 Å². The first-order valence-corrected chi connectivity index (χ1v) is 8.15.